The Morgan fingerprint density at radius 3 is 2.79 bits per heavy atom. The molecule has 8 heterocycles. The van der Waals surface area contributed by atoms with E-state index in [1.165, 1.54) is 17.6 Å². The van der Waals surface area contributed by atoms with E-state index in [1.54, 1.807) is 16.8 Å². The van der Waals surface area contributed by atoms with Crippen LogP contribution in [0, 0.1) is 11.3 Å². The second kappa shape index (κ2) is 10.3. The van der Waals surface area contributed by atoms with Gasteiger partial charge in [0.05, 0.1) is 71.6 Å². The minimum absolute atomic E-state index is 0.0439. The number of anilines is 2. The molecule has 0 aliphatic carbocycles. The molecular formula is C27H27N10O3S2-. The minimum atomic E-state index is -1.34. The van der Waals surface area contributed by atoms with Crippen LogP contribution in [0.15, 0.2) is 41.0 Å². The van der Waals surface area contributed by atoms with E-state index < -0.39 is 10.6 Å². The molecule has 2 atom stereocenters. The van der Waals surface area contributed by atoms with Crippen LogP contribution in [0.5, 0.6) is 0 Å². The highest BCUT2D eigenvalue weighted by atomic mass is 32.2. The number of hydrogen-bond acceptors (Lipinski definition) is 13. The third kappa shape index (κ3) is 4.75. The molecule has 4 fully saturated rings. The number of nitrogens with zero attached hydrogens (tertiary/aromatic N) is 9. The molecule has 2 unspecified atom stereocenters. The van der Waals surface area contributed by atoms with Gasteiger partial charge in [0.25, 0.3) is 0 Å². The summed E-state index contributed by atoms with van der Waals surface area (Å²) in [4.78, 5) is 21.4. The first-order valence-electron chi connectivity index (χ1n) is 13.5. The molecule has 42 heavy (non-hydrogen) atoms. The van der Waals surface area contributed by atoms with Crippen molar-refractivity contribution in [2.24, 2.45) is 4.36 Å². The molecule has 13 nitrogen and oxygen atoms in total. The summed E-state index contributed by atoms with van der Waals surface area (Å²) in [5, 5.41) is 27.9. The third-order valence-electron chi connectivity index (χ3n) is 7.85. The summed E-state index contributed by atoms with van der Waals surface area (Å²) in [5.41, 5.74) is 4.33. The lowest BCUT2D eigenvalue weighted by Gasteiger charge is -2.56. The van der Waals surface area contributed by atoms with Gasteiger partial charge in [-0.25, -0.2) is 4.52 Å². The Balaban J connectivity index is 1.16. The SMILES string of the molecule is C[S-](=O)=NCC(=O)N1C2CC1CN(c1nnc(-c3cnc(-c4ccc5cc(C#N)cnn45)cc3NC3(C)COC3)s1)C2. The first-order valence-corrected chi connectivity index (χ1v) is 15.8. The number of amides is 1. The lowest BCUT2D eigenvalue weighted by Crippen LogP contribution is -2.70. The lowest BCUT2D eigenvalue weighted by molar-refractivity contribution is -0.144. The van der Waals surface area contributed by atoms with Crippen molar-refractivity contribution in [2.45, 2.75) is 31.0 Å². The number of hydrogen-bond donors (Lipinski definition) is 1. The van der Waals surface area contributed by atoms with E-state index >= 15 is 0 Å². The van der Waals surface area contributed by atoms with Crippen LogP contribution >= 0.6 is 11.3 Å². The zero-order chi connectivity index (χ0) is 29.0. The minimum Gasteiger partial charge on any atom is -0.445 e. The molecular weight excluding hydrogens is 576 g/mol. The lowest BCUT2D eigenvalue weighted by atomic mass is 9.87. The first kappa shape index (κ1) is 26.7. The van der Waals surface area contributed by atoms with Gasteiger partial charge in [-0.3, -0.25) is 9.78 Å². The van der Waals surface area contributed by atoms with Gasteiger partial charge in [0.1, 0.15) is 6.07 Å². The molecule has 0 radical (unpaired) electrons. The van der Waals surface area contributed by atoms with E-state index in [-0.39, 0.29) is 30.1 Å². The number of nitriles is 1. The second-order valence-corrected chi connectivity index (χ2v) is 13.1. The largest absolute Gasteiger partial charge is 0.445 e. The van der Waals surface area contributed by atoms with Crippen LogP contribution in [-0.4, -0.2) is 92.3 Å². The topological polar surface area (TPSA) is 154 Å². The number of aromatic nitrogens is 5. The average Bonchev–Trinajstić information content (AvgIpc) is 3.63. The molecule has 4 aliphatic rings. The average molecular weight is 604 g/mol. The van der Waals surface area contributed by atoms with Crippen molar-refractivity contribution in [1.82, 2.24) is 29.7 Å². The predicted molar refractivity (Wildman–Crippen MR) is 157 cm³/mol. The molecule has 2 bridgehead atoms. The van der Waals surface area contributed by atoms with E-state index in [2.05, 4.69) is 42.9 Å². The summed E-state index contributed by atoms with van der Waals surface area (Å²) in [5.74, 6) is -0.0733. The Bertz CT molecular complexity index is 1820. The molecule has 0 aromatic carbocycles. The molecule has 216 valence electrons. The van der Waals surface area contributed by atoms with Crippen LogP contribution in [0.1, 0.15) is 18.9 Å². The van der Waals surface area contributed by atoms with Gasteiger partial charge in [-0.1, -0.05) is 11.3 Å². The molecule has 0 spiro atoms. The number of fused-ring (bicyclic) bond motifs is 3. The molecule has 8 rings (SSSR count). The maximum absolute atomic E-state index is 12.6. The number of pyridine rings is 1. The monoisotopic (exact) mass is 603 g/mol. The van der Waals surface area contributed by atoms with Crippen LogP contribution in [0.2, 0.25) is 0 Å². The summed E-state index contributed by atoms with van der Waals surface area (Å²) in [6.07, 6.45) is 5.77. The van der Waals surface area contributed by atoms with E-state index in [1.807, 2.05) is 29.3 Å². The zero-order valence-electron chi connectivity index (χ0n) is 22.9. The molecule has 1 N–H and O–H groups in total. The summed E-state index contributed by atoms with van der Waals surface area (Å²) in [6.45, 7) is 4.59. The number of carbonyl (C=O) groups excluding carboxylic acids is 1. The third-order valence-corrected chi connectivity index (χ3v) is 9.36. The van der Waals surface area contributed by atoms with E-state index in [9.17, 15) is 14.3 Å². The van der Waals surface area contributed by atoms with Crippen LogP contribution in [0.3, 0.4) is 0 Å². The van der Waals surface area contributed by atoms with Gasteiger partial charge in [-0.15, -0.1) is 16.5 Å². The summed E-state index contributed by atoms with van der Waals surface area (Å²) < 4.78 is 22.4. The van der Waals surface area contributed by atoms with Crippen LogP contribution in [0.4, 0.5) is 10.8 Å². The molecule has 4 aromatic rings. The number of ether oxygens (including phenoxy) is 1. The van der Waals surface area contributed by atoms with Crippen LogP contribution in [0.25, 0.3) is 27.5 Å². The Morgan fingerprint density at radius 1 is 1.26 bits per heavy atom. The smallest absolute Gasteiger partial charge is 0.242 e. The fourth-order valence-corrected chi connectivity index (χ4v) is 6.96. The highest BCUT2D eigenvalue weighted by Gasteiger charge is 2.47. The number of piperidine rings is 1. The standard InChI is InChI=1S/C27H27N10O3S2/c1-27(14-40-15-27)32-21-7-22(23-4-3-17-5-16(8-28)9-30-37(17)23)29-10-20(21)25-33-34-26(41-25)35-12-18-6-19(13-35)36(18)24(38)11-31-42(2)39/h3-5,7,9-10,18-19H,6,11-15H2,1-2H3,(H,29,32)/q-1. The van der Waals surface area contributed by atoms with Crippen molar-refractivity contribution in [3.8, 4) is 28.0 Å². The molecule has 4 aromatic heterocycles. The number of carbonyl (C=O) groups is 1. The van der Waals surface area contributed by atoms with Crippen molar-refractivity contribution in [3.05, 3.63) is 42.2 Å². The molecule has 0 saturated carbocycles. The molecule has 1 amide bonds. The van der Waals surface area contributed by atoms with E-state index in [0.717, 1.165) is 44.7 Å². The Hall–Kier alpha value is -4.13. The van der Waals surface area contributed by atoms with Gasteiger partial charge in [0, 0.05) is 25.0 Å². The predicted octanol–water partition coefficient (Wildman–Crippen LogP) is 2.55. The maximum Gasteiger partial charge on any atom is 0.242 e. The van der Waals surface area contributed by atoms with Crippen molar-refractivity contribution < 1.29 is 13.7 Å². The number of rotatable bonds is 7. The van der Waals surface area contributed by atoms with Gasteiger partial charge in [-0.2, -0.15) is 21.0 Å². The van der Waals surface area contributed by atoms with Crippen LogP contribution in [-0.2, 0) is 24.3 Å². The van der Waals surface area contributed by atoms with E-state index in [0.29, 0.717) is 31.9 Å². The maximum atomic E-state index is 12.6. The Kier molecular flexibility index (Phi) is 6.56. The number of nitrogens with one attached hydrogen (secondary N) is 1. The molecule has 4 saturated heterocycles. The summed E-state index contributed by atoms with van der Waals surface area (Å²) >= 11 is 1.50. The van der Waals surface area contributed by atoms with Gasteiger partial charge in [0.2, 0.25) is 11.0 Å². The quantitative estimate of drug-likeness (QED) is 0.312. The first-order chi connectivity index (χ1) is 20.3. The molecule has 4 aliphatic heterocycles. The van der Waals surface area contributed by atoms with Gasteiger partial charge in [0.15, 0.2) is 5.01 Å². The van der Waals surface area contributed by atoms with Gasteiger partial charge < -0.3 is 28.4 Å². The van der Waals surface area contributed by atoms with Crippen molar-refractivity contribution in [2.75, 3.05) is 49.3 Å². The Labute approximate surface area is 247 Å². The van der Waals surface area contributed by atoms with Crippen LogP contribution < -0.4 is 10.2 Å². The summed E-state index contributed by atoms with van der Waals surface area (Å²) in [6, 6.07) is 9.96. The van der Waals surface area contributed by atoms with Crippen molar-refractivity contribution >= 4 is 44.2 Å². The fourth-order valence-electron chi connectivity index (χ4n) is 5.78. The second-order valence-electron chi connectivity index (χ2n) is 11.1. The summed E-state index contributed by atoms with van der Waals surface area (Å²) in [7, 11) is -1.34. The van der Waals surface area contributed by atoms with Gasteiger partial charge >= 0.3 is 0 Å². The normalized spacial score (nSPS) is 21.5. The zero-order valence-corrected chi connectivity index (χ0v) is 24.6. The van der Waals surface area contributed by atoms with Crippen molar-refractivity contribution in [3.63, 3.8) is 0 Å². The highest BCUT2D eigenvalue weighted by molar-refractivity contribution is 7.74. The fraction of sp³-hybridized carbons (Fsp3) is 0.407. The van der Waals surface area contributed by atoms with Crippen molar-refractivity contribution in [1.29, 1.82) is 5.26 Å². The highest BCUT2D eigenvalue weighted by Crippen LogP contribution is 2.40. The molecule has 15 heteroatoms. The van der Waals surface area contributed by atoms with E-state index in [4.69, 9.17) is 9.72 Å². The van der Waals surface area contributed by atoms with Gasteiger partial charge in [-0.05, 0) is 37.6 Å². The number of piperazine rings is 1. The Morgan fingerprint density at radius 2 is 2.07 bits per heavy atom.